The summed E-state index contributed by atoms with van der Waals surface area (Å²) in [4.78, 5) is 53.6. The van der Waals surface area contributed by atoms with E-state index in [4.69, 9.17) is 4.74 Å². The number of rotatable bonds is 2. The highest BCUT2D eigenvalue weighted by molar-refractivity contribution is 7.80. The fraction of sp³-hybridized carbons (Fsp3) is 0.0769. The van der Waals surface area contributed by atoms with Gasteiger partial charge < -0.3 is 4.74 Å². The second-order valence-corrected chi connectivity index (χ2v) is 9.30. The molecular weight excluding hydrogens is 470 g/mol. The van der Waals surface area contributed by atoms with E-state index < -0.39 is 17.8 Å². The summed E-state index contributed by atoms with van der Waals surface area (Å²) in [6.45, 7) is 0. The molecule has 6 nitrogen and oxygen atoms in total. The van der Waals surface area contributed by atoms with E-state index >= 15 is 0 Å². The summed E-state index contributed by atoms with van der Waals surface area (Å²) in [5, 5.41) is 2.43. The number of carbonyl (C=O) groups excluding carboxylic acids is 4. The molecule has 166 valence electrons. The highest BCUT2D eigenvalue weighted by atomic mass is 32.1. The van der Waals surface area contributed by atoms with Gasteiger partial charge in [-0.05, 0) is 52.6 Å². The lowest BCUT2D eigenvalue weighted by Crippen LogP contribution is -2.37. The lowest BCUT2D eigenvalue weighted by Gasteiger charge is -2.27. The Bertz CT molecular complexity index is 1670. The normalized spacial score (nSPS) is 14.9. The Kier molecular flexibility index (Phi) is 4.43. The molecule has 2 amide bonds. The molecule has 0 radical (unpaired) electrons. The van der Waals surface area contributed by atoms with Crippen LogP contribution in [0.1, 0.15) is 52.6 Å². The van der Waals surface area contributed by atoms with Crippen LogP contribution in [-0.2, 0) is 11.2 Å². The third kappa shape index (κ3) is 2.72. The van der Waals surface area contributed by atoms with Crippen LogP contribution in [0.2, 0.25) is 0 Å². The van der Waals surface area contributed by atoms with Gasteiger partial charge in [-0.15, -0.1) is 25.3 Å². The van der Waals surface area contributed by atoms with Crippen molar-refractivity contribution in [1.82, 2.24) is 4.90 Å². The average Bonchev–Trinajstić information content (AvgIpc) is 2.81. The van der Waals surface area contributed by atoms with Crippen LogP contribution in [0.4, 0.5) is 0 Å². The van der Waals surface area contributed by atoms with Crippen LogP contribution in [0.5, 0.6) is 0 Å². The molecule has 2 heterocycles. The van der Waals surface area contributed by atoms with Gasteiger partial charge in [-0.1, -0.05) is 24.3 Å². The van der Waals surface area contributed by atoms with E-state index in [-0.39, 0.29) is 17.9 Å². The van der Waals surface area contributed by atoms with Gasteiger partial charge in [0.05, 0.1) is 16.7 Å². The van der Waals surface area contributed by atoms with Gasteiger partial charge in [0.15, 0.2) is 0 Å². The third-order valence-corrected chi connectivity index (χ3v) is 7.27. The molecular formula is C26H15NO5S2. The zero-order valence-electron chi connectivity index (χ0n) is 17.7. The number of carbonyl (C=O) groups is 4. The molecule has 0 unspecified atom stereocenters. The van der Waals surface area contributed by atoms with Crippen LogP contribution in [0.3, 0.4) is 0 Å². The van der Waals surface area contributed by atoms with Crippen molar-refractivity contribution >= 4 is 70.6 Å². The Hall–Kier alpha value is -3.62. The Balaban J connectivity index is 1.64. The van der Waals surface area contributed by atoms with Crippen molar-refractivity contribution in [2.24, 2.45) is 0 Å². The zero-order chi connectivity index (χ0) is 23.9. The topological polar surface area (TPSA) is 80.8 Å². The number of hydrogen-bond acceptors (Lipinski definition) is 7. The number of benzene rings is 4. The molecule has 0 aromatic heterocycles. The number of hydrogen-bond donors (Lipinski definition) is 2. The molecule has 0 spiro atoms. The number of thiol groups is 2. The number of cyclic esters (lactones) is 2. The average molecular weight is 486 g/mol. The zero-order valence-corrected chi connectivity index (χ0v) is 19.5. The first-order valence-electron chi connectivity index (χ1n) is 10.4. The molecule has 4 aromatic rings. The van der Waals surface area contributed by atoms with Gasteiger partial charge in [-0.3, -0.25) is 14.5 Å². The highest BCUT2D eigenvalue weighted by Gasteiger charge is 2.34. The SMILES string of the molecule is CN1C(=O)c2ccc(S)c3ccc(Cc4cc(S)c5cccc6c5c4C(=O)OC6=O)c(c23)C1=O. The second kappa shape index (κ2) is 7.19. The first-order valence-corrected chi connectivity index (χ1v) is 11.3. The van der Waals surface area contributed by atoms with Crippen LogP contribution in [-0.4, -0.2) is 35.7 Å². The first kappa shape index (κ1) is 20.9. The predicted molar refractivity (Wildman–Crippen MR) is 131 cm³/mol. The summed E-state index contributed by atoms with van der Waals surface area (Å²) in [5.41, 5.74) is 2.62. The minimum atomic E-state index is -0.733. The molecule has 6 rings (SSSR count). The second-order valence-electron chi connectivity index (χ2n) is 8.34. The molecule has 2 aliphatic heterocycles. The highest BCUT2D eigenvalue weighted by Crippen LogP contribution is 2.39. The summed E-state index contributed by atoms with van der Waals surface area (Å²) in [6, 6.07) is 13.9. The predicted octanol–water partition coefficient (Wildman–Crippen LogP) is 4.70. The van der Waals surface area contributed by atoms with Crippen LogP contribution in [0.15, 0.2) is 58.3 Å². The van der Waals surface area contributed by atoms with Crippen molar-refractivity contribution in [2.75, 3.05) is 7.05 Å². The van der Waals surface area contributed by atoms with E-state index in [1.807, 2.05) is 12.1 Å². The number of imide groups is 1. The molecule has 0 atom stereocenters. The first-order chi connectivity index (χ1) is 16.3. The summed E-state index contributed by atoms with van der Waals surface area (Å²) in [7, 11) is 1.45. The van der Waals surface area contributed by atoms with E-state index in [1.165, 1.54) is 7.05 Å². The lowest BCUT2D eigenvalue weighted by atomic mass is 9.86. The molecule has 0 aliphatic carbocycles. The van der Waals surface area contributed by atoms with Crippen LogP contribution in [0, 0.1) is 0 Å². The van der Waals surface area contributed by atoms with Gasteiger partial charge in [0.2, 0.25) is 0 Å². The van der Waals surface area contributed by atoms with Gasteiger partial charge in [-0.2, -0.15) is 0 Å². The Morgan fingerprint density at radius 2 is 1.47 bits per heavy atom. The molecule has 34 heavy (non-hydrogen) atoms. The van der Waals surface area contributed by atoms with E-state index in [1.54, 1.807) is 36.4 Å². The lowest BCUT2D eigenvalue weighted by molar-refractivity contribution is 0.0389. The summed E-state index contributed by atoms with van der Waals surface area (Å²) >= 11 is 9.11. The maximum absolute atomic E-state index is 13.3. The van der Waals surface area contributed by atoms with E-state index in [2.05, 4.69) is 25.3 Å². The quantitative estimate of drug-likeness (QED) is 0.186. The molecule has 0 saturated carbocycles. The smallest absolute Gasteiger partial charge is 0.346 e. The van der Waals surface area contributed by atoms with Crippen molar-refractivity contribution in [2.45, 2.75) is 16.2 Å². The van der Waals surface area contributed by atoms with E-state index in [0.29, 0.717) is 59.2 Å². The van der Waals surface area contributed by atoms with Crippen molar-refractivity contribution in [3.63, 3.8) is 0 Å². The van der Waals surface area contributed by atoms with Crippen LogP contribution >= 0.6 is 25.3 Å². The van der Waals surface area contributed by atoms with Crippen molar-refractivity contribution in [3.8, 4) is 0 Å². The van der Waals surface area contributed by atoms with Crippen LogP contribution in [0.25, 0.3) is 21.5 Å². The number of esters is 2. The summed E-state index contributed by atoms with van der Waals surface area (Å²) in [5.74, 6) is -2.23. The fourth-order valence-electron chi connectivity index (χ4n) is 4.93. The largest absolute Gasteiger partial charge is 0.386 e. The van der Waals surface area contributed by atoms with E-state index in [0.717, 1.165) is 4.90 Å². The van der Waals surface area contributed by atoms with Gasteiger partial charge in [-0.25, -0.2) is 9.59 Å². The van der Waals surface area contributed by atoms with Gasteiger partial charge in [0.1, 0.15) is 0 Å². The minimum Gasteiger partial charge on any atom is -0.386 e. The molecule has 0 N–H and O–H groups in total. The summed E-state index contributed by atoms with van der Waals surface area (Å²) < 4.78 is 5.01. The van der Waals surface area contributed by atoms with Crippen molar-refractivity contribution in [3.05, 3.63) is 81.9 Å². The fourth-order valence-corrected chi connectivity index (χ4v) is 5.54. The third-order valence-electron chi connectivity index (χ3n) is 6.51. The van der Waals surface area contributed by atoms with Gasteiger partial charge in [0, 0.05) is 33.2 Å². The maximum Gasteiger partial charge on any atom is 0.346 e. The summed E-state index contributed by atoms with van der Waals surface area (Å²) in [6.07, 6.45) is 0.200. The van der Waals surface area contributed by atoms with Crippen LogP contribution < -0.4 is 0 Å². The molecule has 8 heteroatoms. The van der Waals surface area contributed by atoms with Gasteiger partial charge >= 0.3 is 11.9 Å². The molecule has 0 bridgehead atoms. The van der Waals surface area contributed by atoms with Crippen molar-refractivity contribution in [1.29, 1.82) is 0 Å². The monoisotopic (exact) mass is 485 g/mol. The number of nitrogens with zero attached hydrogens (tertiary/aromatic N) is 1. The number of ether oxygens (including phenoxy) is 1. The standard InChI is InChI=1S/C26H15NO5S2/c1-27-23(28)15-7-8-17(33)14-6-5-11(19(21(14)15)24(27)29)9-12-10-18(34)13-3-2-4-16-22(13)20(12)26(31)32-25(16)30/h2-8,10,33-34H,9H2,1H3. The Morgan fingerprint density at radius 3 is 2.26 bits per heavy atom. The molecule has 0 fully saturated rings. The molecule has 2 aliphatic rings. The minimum absolute atomic E-state index is 0.200. The maximum atomic E-state index is 13.3. The van der Waals surface area contributed by atoms with E-state index in [9.17, 15) is 19.2 Å². The molecule has 0 saturated heterocycles. The Morgan fingerprint density at radius 1 is 0.735 bits per heavy atom. The number of amides is 2. The molecule has 4 aromatic carbocycles. The van der Waals surface area contributed by atoms with Crippen molar-refractivity contribution < 1.29 is 23.9 Å². The Labute approximate surface area is 204 Å². The van der Waals surface area contributed by atoms with Gasteiger partial charge in [0.25, 0.3) is 11.8 Å².